The van der Waals surface area contributed by atoms with Crippen LogP contribution in [0.2, 0.25) is 5.02 Å². The van der Waals surface area contributed by atoms with E-state index in [0.29, 0.717) is 17.2 Å². The van der Waals surface area contributed by atoms with E-state index >= 15 is 0 Å². The van der Waals surface area contributed by atoms with Crippen molar-refractivity contribution < 1.29 is 22.9 Å². The second kappa shape index (κ2) is 7.86. The van der Waals surface area contributed by atoms with E-state index in [1.807, 2.05) is 0 Å². The molecular formula is C19H18ClN3O6S. The van der Waals surface area contributed by atoms with Crippen molar-refractivity contribution >= 4 is 33.2 Å². The van der Waals surface area contributed by atoms with E-state index in [1.54, 1.807) is 23.1 Å². The van der Waals surface area contributed by atoms with Crippen LogP contribution in [-0.4, -0.2) is 60.7 Å². The highest BCUT2D eigenvalue weighted by Crippen LogP contribution is 2.32. The topological polar surface area (TPSA) is 110 Å². The van der Waals surface area contributed by atoms with E-state index in [1.165, 1.54) is 16.4 Å². The molecule has 2 heterocycles. The first-order valence-corrected chi connectivity index (χ1v) is 11.1. The van der Waals surface area contributed by atoms with Gasteiger partial charge < -0.3 is 9.64 Å². The zero-order valence-corrected chi connectivity index (χ0v) is 17.3. The summed E-state index contributed by atoms with van der Waals surface area (Å²) in [6, 6.07) is 9.98. The number of carbonyl (C=O) groups is 1. The van der Waals surface area contributed by atoms with Crippen molar-refractivity contribution in [2.75, 3.05) is 26.2 Å². The molecule has 9 nitrogen and oxygen atoms in total. The number of fused-ring (bicyclic) bond motifs is 1. The Hall–Kier alpha value is -2.69. The first-order valence-electron chi connectivity index (χ1n) is 9.24. The molecule has 0 aliphatic carbocycles. The van der Waals surface area contributed by atoms with Gasteiger partial charge in [-0.15, -0.1) is 0 Å². The molecule has 0 saturated carbocycles. The molecule has 30 heavy (non-hydrogen) atoms. The number of piperazine rings is 1. The Bertz CT molecular complexity index is 1100. The molecule has 2 aromatic rings. The summed E-state index contributed by atoms with van der Waals surface area (Å²) in [5.74, 6) is 0.451. The third kappa shape index (κ3) is 3.85. The number of nitro benzene ring substituents is 1. The molecule has 1 amide bonds. The SMILES string of the molecule is O=C(C1Cc2cc(Cl)ccc2O1)N1CCN(S(=O)(=O)c2ccc([N+](=O)[O-])cc2)CC1. The van der Waals surface area contributed by atoms with Gasteiger partial charge in [0.1, 0.15) is 5.75 Å². The number of hydrogen-bond acceptors (Lipinski definition) is 6. The number of benzene rings is 2. The maximum atomic E-state index is 12.8. The van der Waals surface area contributed by atoms with Gasteiger partial charge in [0, 0.05) is 49.8 Å². The van der Waals surface area contributed by atoms with Crippen LogP contribution in [0, 0.1) is 10.1 Å². The van der Waals surface area contributed by atoms with E-state index in [0.717, 1.165) is 17.7 Å². The van der Waals surface area contributed by atoms with Crippen molar-refractivity contribution in [3.05, 3.63) is 63.2 Å². The van der Waals surface area contributed by atoms with Crippen molar-refractivity contribution in [2.45, 2.75) is 17.4 Å². The molecule has 1 atom stereocenters. The van der Waals surface area contributed by atoms with E-state index in [9.17, 15) is 23.3 Å². The highest BCUT2D eigenvalue weighted by molar-refractivity contribution is 7.89. The summed E-state index contributed by atoms with van der Waals surface area (Å²) in [4.78, 5) is 24.6. The van der Waals surface area contributed by atoms with Gasteiger partial charge in [0.25, 0.3) is 11.6 Å². The van der Waals surface area contributed by atoms with Gasteiger partial charge in [-0.25, -0.2) is 8.42 Å². The lowest BCUT2D eigenvalue weighted by atomic mass is 10.1. The number of nitrogens with zero attached hydrogens (tertiary/aromatic N) is 3. The van der Waals surface area contributed by atoms with Gasteiger partial charge in [0.2, 0.25) is 10.0 Å². The smallest absolute Gasteiger partial charge is 0.269 e. The average molecular weight is 452 g/mol. The normalized spacial score (nSPS) is 19.2. The molecule has 2 aliphatic rings. The maximum Gasteiger partial charge on any atom is 0.269 e. The third-order valence-electron chi connectivity index (χ3n) is 5.21. The van der Waals surface area contributed by atoms with Crippen LogP contribution in [-0.2, 0) is 21.2 Å². The van der Waals surface area contributed by atoms with Gasteiger partial charge in [-0.1, -0.05) is 11.6 Å². The van der Waals surface area contributed by atoms with E-state index in [2.05, 4.69) is 0 Å². The van der Waals surface area contributed by atoms with Crippen LogP contribution in [0.3, 0.4) is 0 Å². The van der Waals surface area contributed by atoms with E-state index in [4.69, 9.17) is 16.3 Å². The van der Waals surface area contributed by atoms with E-state index in [-0.39, 0.29) is 42.7 Å². The molecule has 1 unspecified atom stereocenters. The molecule has 11 heteroatoms. The van der Waals surface area contributed by atoms with Crippen LogP contribution in [0.4, 0.5) is 5.69 Å². The van der Waals surface area contributed by atoms with Gasteiger partial charge >= 0.3 is 0 Å². The Kier molecular flexibility index (Phi) is 5.39. The first-order chi connectivity index (χ1) is 14.3. The number of sulfonamides is 1. The largest absolute Gasteiger partial charge is 0.480 e. The second-order valence-electron chi connectivity index (χ2n) is 7.04. The minimum absolute atomic E-state index is 0.0145. The van der Waals surface area contributed by atoms with Crippen molar-refractivity contribution in [2.24, 2.45) is 0 Å². The summed E-state index contributed by atoms with van der Waals surface area (Å²) >= 11 is 5.99. The minimum atomic E-state index is -3.79. The standard InChI is InChI=1S/C19H18ClN3O6S/c20-14-1-6-17-13(11-14)12-18(29-17)19(24)21-7-9-22(10-8-21)30(27,28)16-4-2-15(3-5-16)23(25)26/h1-6,11,18H,7-10,12H2. The zero-order valence-electron chi connectivity index (χ0n) is 15.7. The Labute approximate surface area is 178 Å². The van der Waals surface area contributed by atoms with Crippen LogP contribution in [0.25, 0.3) is 0 Å². The lowest BCUT2D eigenvalue weighted by Gasteiger charge is -2.35. The molecule has 0 aromatic heterocycles. The van der Waals surface area contributed by atoms with Crippen LogP contribution in [0.5, 0.6) is 5.75 Å². The van der Waals surface area contributed by atoms with Crippen molar-refractivity contribution in [1.82, 2.24) is 9.21 Å². The van der Waals surface area contributed by atoms with E-state index < -0.39 is 21.1 Å². The molecule has 1 fully saturated rings. The number of hydrogen-bond donors (Lipinski definition) is 0. The highest BCUT2D eigenvalue weighted by Gasteiger charge is 2.36. The van der Waals surface area contributed by atoms with Crippen molar-refractivity contribution in [1.29, 1.82) is 0 Å². The molecule has 0 bridgehead atoms. The molecule has 0 spiro atoms. The Morgan fingerprint density at radius 3 is 2.40 bits per heavy atom. The fourth-order valence-electron chi connectivity index (χ4n) is 3.60. The second-order valence-corrected chi connectivity index (χ2v) is 9.42. The van der Waals surface area contributed by atoms with Crippen LogP contribution >= 0.6 is 11.6 Å². The molecule has 158 valence electrons. The van der Waals surface area contributed by atoms with Crippen molar-refractivity contribution in [3.63, 3.8) is 0 Å². The molecule has 2 aromatic carbocycles. The first kappa shape index (κ1) is 20.6. The fourth-order valence-corrected chi connectivity index (χ4v) is 5.21. The summed E-state index contributed by atoms with van der Waals surface area (Å²) < 4.78 is 32.6. The summed E-state index contributed by atoms with van der Waals surface area (Å²) in [7, 11) is -3.79. The minimum Gasteiger partial charge on any atom is -0.480 e. The number of nitro groups is 1. The third-order valence-corrected chi connectivity index (χ3v) is 7.36. The zero-order chi connectivity index (χ0) is 21.5. The van der Waals surface area contributed by atoms with Crippen LogP contribution < -0.4 is 4.74 Å². The lowest BCUT2D eigenvalue weighted by Crippen LogP contribution is -2.53. The molecule has 2 aliphatic heterocycles. The number of non-ortho nitro benzene ring substituents is 1. The quantitative estimate of drug-likeness (QED) is 0.520. The van der Waals surface area contributed by atoms with Gasteiger partial charge in [-0.2, -0.15) is 4.31 Å². The van der Waals surface area contributed by atoms with Gasteiger partial charge in [-0.3, -0.25) is 14.9 Å². The Morgan fingerprint density at radius 2 is 1.77 bits per heavy atom. The highest BCUT2D eigenvalue weighted by atomic mass is 35.5. The Balaban J connectivity index is 1.39. The maximum absolute atomic E-state index is 12.8. The number of ether oxygens (including phenoxy) is 1. The molecule has 4 rings (SSSR count). The molecule has 0 N–H and O–H groups in total. The molecule has 0 radical (unpaired) electrons. The number of amides is 1. The summed E-state index contributed by atoms with van der Waals surface area (Å²) in [6.07, 6.45) is -0.216. The monoisotopic (exact) mass is 451 g/mol. The lowest BCUT2D eigenvalue weighted by molar-refractivity contribution is -0.384. The van der Waals surface area contributed by atoms with Crippen LogP contribution in [0.15, 0.2) is 47.4 Å². The number of halogens is 1. The number of rotatable bonds is 4. The number of carbonyl (C=O) groups excluding carboxylic acids is 1. The summed E-state index contributed by atoms with van der Waals surface area (Å²) in [5.41, 5.74) is 0.698. The molecular weight excluding hydrogens is 434 g/mol. The molecule has 1 saturated heterocycles. The summed E-state index contributed by atoms with van der Waals surface area (Å²) in [6.45, 7) is 0.747. The predicted octanol–water partition coefficient (Wildman–Crippen LogP) is 2.08. The van der Waals surface area contributed by atoms with Gasteiger partial charge in [-0.05, 0) is 35.9 Å². The fraction of sp³-hybridized carbons (Fsp3) is 0.316. The summed E-state index contributed by atoms with van der Waals surface area (Å²) in [5, 5.41) is 11.3. The average Bonchev–Trinajstić information content (AvgIpc) is 3.16. The van der Waals surface area contributed by atoms with Gasteiger partial charge in [0.15, 0.2) is 6.10 Å². The van der Waals surface area contributed by atoms with Crippen molar-refractivity contribution in [3.8, 4) is 5.75 Å². The van der Waals surface area contributed by atoms with Gasteiger partial charge in [0.05, 0.1) is 9.82 Å². The Morgan fingerprint density at radius 1 is 1.10 bits per heavy atom. The van der Waals surface area contributed by atoms with Crippen LogP contribution in [0.1, 0.15) is 5.56 Å². The predicted molar refractivity (Wildman–Crippen MR) is 108 cm³/mol.